The Hall–Kier alpha value is -2.39. The molecule has 0 saturated carbocycles. The van der Waals surface area contributed by atoms with Crippen molar-refractivity contribution < 1.29 is 4.79 Å². The summed E-state index contributed by atoms with van der Waals surface area (Å²) in [5.41, 5.74) is 3.67. The van der Waals surface area contributed by atoms with E-state index in [0.717, 1.165) is 25.3 Å². The molecule has 1 aliphatic rings. The molecule has 0 atom stereocenters. The van der Waals surface area contributed by atoms with Crippen molar-refractivity contribution in [2.24, 2.45) is 0 Å². The van der Waals surface area contributed by atoms with Crippen LogP contribution in [0.2, 0.25) is 0 Å². The van der Waals surface area contributed by atoms with Crippen LogP contribution in [0.3, 0.4) is 0 Å². The summed E-state index contributed by atoms with van der Waals surface area (Å²) < 4.78 is 0. The first-order chi connectivity index (χ1) is 12.2. The van der Waals surface area contributed by atoms with Gasteiger partial charge in [0, 0.05) is 19.3 Å². The molecule has 0 aromatic heterocycles. The Labute approximate surface area is 150 Å². The van der Waals surface area contributed by atoms with Crippen LogP contribution in [-0.4, -0.2) is 30.9 Å². The summed E-state index contributed by atoms with van der Waals surface area (Å²) in [7, 11) is 1.77. The summed E-state index contributed by atoms with van der Waals surface area (Å²) in [5, 5.41) is 0. The Kier molecular flexibility index (Phi) is 5.67. The lowest BCUT2D eigenvalue weighted by atomic mass is 9.89. The summed E-state index contributed by atoms with van der Waals surface area (Å²) in [4.78, 5) is 15.8. The van der Waals surface area contributed by atoms with Crippen LogP contribution >= 0.6 is 0 Å². The van der Waals surface area contributed by atoms with E-state index >= 15 is 0 Å². The highest BCUT2D eigenvalue weighted by Crippen LogP contribution is 2.28. The summed E-state index contributed by atoms with van der Waals surface area (Å²) in [5.74, 6) is 0.606. The minimum absolute atomic E-state index is 0.0873. The molecule has 0 spiro atoms. The molecule has 1 heterocycles. The Morgan fingerprint density at radius 3 is 2.36 bits per heavy atom. The highest BCUT2D eigenvalue weighted by molar-refractivity contribution is 6.00. The number of anilines is 1. The van der Waals surface area contributed by atoms with Gasteiger partial charge in [-0.1, -0.05) is 49.0 Å². The van der Waals surface area contributed by atoms with Crippen molar-refractivity contribution in [3.63, 3.8) is 0 Å². The normalized spacial score (nSPS) is 15.7. The number of hydrogen-bond donors (Lipinski definition) is 0. The largest absolute Gasteiger partial charge is 0.312 e. The quantitative estimate of drug-likeness (QED) is 0.765. The molecule has 0 aliphatic carbocycles. The van der Waals surface area contributed by atoms with Crippen molar-refractivity contribution in [3.05, 3.63) is 78.4 Å². The van der Waals surface area contributed by atoms with Crippen LogP contribution in [0.25, 0.3) is 0 Å². The van der Waals surface area contributed by atoms with Gasteiger partial charge in [0.2, 0.25) is 5.91 Å². The fraction of sp³-hybridized carbons (Fsp3) is 0.318. The van der Waals surface area contributed by atoms with Crippen LogP contribution in [0.15, 0.2) is 67.3 Å². The van der Waals surface area contributed by atoms with E-state index in [1.807, 2.05) is 12.1 Å². The molecule has 1 aliphatic heterocycles. The van der Waals surface area contributed by atoms with E-state index in [1.165, 1.54) is 30.0 Å². The van der Waals surface area contributed by atoms with Gasteiger partial charge in [-0.15, -0.1) is 0 Å². The molecule has 0 radical (unpaired) electrons. The molecule has 1 amide bonds. The fourth-order valence-corrected chi connectivity index (χ4v) is 3.50. The number of amides is 1. The second-order valence-electron chi connectivity index (χ2n) is 6.73. The molecule has 3 rings (SSSR count). The first-order valence-corrected chi connectivity index (χ1v) is 8.93. The van der Waals surface area contributed by atoms with Gasteiger partial charge in [-0.3, -0.25) is 9.69 Å². The average molecular weight is 334 g/mol. The van der Waals surface area contributed by atoms with Crippen LogP contribution in [-0.2, 0) is 11.3 Å². The zero-order valence-electron chi connectivity index (χ0n) is 14.9. The lowest BCUT2D eigenvalue weighted by Gasteiger charge is -2.32. The minimum Gasteiger partial charge on any atom is -0.312 e. The number of carbonyl (C=O) groups is 1. The number of benzene rings is 2. The van der Waals surface area contributed by atoms with Crippen LogP contribution in [0.1, 0.15) is 29.9 Å². The molecule has 130 valence electrons. The SMILES string of the molecule is C=CC(=O)N(C)c1ccc(CN2CCC(c3ccccc3)CC2)cc1. The zero-order chi connectivity index (χ0) is 17.6. The molecule has 25 heavy (non-hydrogen) atoms. The number of carbonyl (C=O) groups excluding carboxylic acids is 1. The van der Waals surface area contributed by atoms with Crippen molar-refractivity contribution in [1.29, 1.82) is 0 Å². The zero-order valence-corrected chi connectivity index (χ0v) is 14.9. The maximum atomic E-state index is 11.7. The summed E-state index contributed by atoms with van der Waals surface area (Å²) in [6.07, 6.45) is 3.78. The van der Waals surface area contributed by atoms with E-state index in [4.69, 9.17) is 0 Å². The smallest absolute Gasteiger partial charge is 0.250 e. The number of rotatable bonds is 5. The summed E-state index contributed by atoms with van der Waals surface area (Å²) in [6.45, 7) is 6.78. The Bertz CT molecular complexity index is 701. The molecule has 0 bridgehead atoms. The van der Waals surface area contributed by atoms with Gasteiger partial charge in [0.05, 0.1) is 0 Å². The molecule has 2 aromatic rings. The molecule has 3 nitrogen and oxygen atoms in total. The lowest BCUT2D eigenvalue weighted by Crippen LogP contribution is -2.32. The van der Waals surface area contributed by atoms with E-state index < -0.39 is 0 Å². The molecule has 2 aromatic carbocycles. The van der Waals surface area contributed by atoms with Crippen molar-refractivity contribution >= 4 is 11.6 Å². The minimum atomic E-state index is -0.0873. The number of likely N-dealkylation sites (N-methyl/N-ethyl adjacent to an activating group) is 1. The van der Waals surface area contributed by atoms with E-state index in [0.29, 0.717) is 5.92 Å². The summed E-state index contributed by atoms with van der Waals surface area (Å²) >= 11 is 0. The van der Waals surface area contributed by atoms with Crippen molar-refractivity contribution in [1.82, 2.24) is 4.90 Å². The predicted molar refractivity (Wildman–Crippen MR) is 104 cm³/mol. The van der Waals surface area contributed by atoms with Gasteiger partial charge in [-0.2, -0.15) is 0 Å². The van der Waals surface area contributed by atoms with Crippen LogP contribution < -0.4 is 4.90 Å². The molecule has 1 saturated heterocycles. The van der Waals surface area contributed by atoms with Gasteiger partial charge in [0.15, 0.2) is 0 Å². The first kappa shape index (κ1) is 17.4. The predicted octanol–water partition coefficient (Wildman–Crippen LogP) is 4.22. The van der Waals surface area contributed by atoms with Crippen molar-refractivity contribution in [2.45, 2.75) is 25.3 Å². The van der Waals surface area contributed by atoms with Gasteiger partial charge >= 0.3 is 0 Å². The highest BCUT2D eigenvalue weighted by atomic mass is 16.2. The van der Waals surface area contributed by atoms with Crippen molar-refractivity contribution in [3.8, 4) is 0 Å². The third-order valence-electron chi connectivity index (χ3n) is 5.09. The number of nitrogens with zero attached hydrogens (tertiary/aromatic N) is 2. The standard InChI is InChI=1S/C22H26N2O/c1-3-22(25)23(2)21-11-9-18(10-12-21)17-24-15-13-20(14-16-24)19-7-5-4-6-8-19/h3-12,20H,1,13-17H2,2H3. The molecular formula is C22H26N2O. The lowest BCUT2D eigenvalue weighted by molar-refractivity contribution is -0.113. The van der Waals surface area contributed by atoms with Crippen LogP contribution in [0.4, 0.5) is 5.69 Å². The molecule has 3 heteroatoms. The third kappa shape index (κ3) is 4.37. The van der Waals surface area contributed by atoms with Gasteiger partial charge in [0.25, 0.3) is 0 Å². The van der Waals surface area contributed by atoms with Crippen LogP contribution in [0, 0.1) is 0 Å². The molecule has 1 fully saturated rings. The Morgan fingerprint density at radius 1 is 1.12 bits per heavy atom. The van der Waals surface area contributed by atoms with E-state index in [-0.39, 0.29) is 5.91 Å². The van der Waals surface area contributed by atoms with Gasteiger partial charge in [-0.25, -0.2) is 0 Å². The molecular weight excluding hydrogens is 308 g/mol. The van der Waals surface area contributed by atoms with E-state index in [2.05, 4.69) is 53.9 Å². The van der Waals surface area contributed by atoms with E-state index in [1.54, 1.807) is 11.9 Å². The second kappa shape index (κ2) is 8.13. The Morgan fingerprint density at radius 2 is 1.76 bits per heavy atom. The highest BCUT2D eigenvalue weighted by Gasteiger charge is 2.20. The third-order valence-corrected chi connectivity index (χ3v) is 5.09. The van der Waals surface area contributed by atoms with Gasteiger partial charge in [-0.05, 0) is 61.2 Å². The van der Waals surface area contributed by atoms with Crippen molar-refractivity contribution in [2.75, 3.05) is 25.0 Å². The number of likely N-dealkylation sites (tertiary alicyclic amines) is 1. The van der Waals surface area contributed by atoms with Gasteiger partial charge < -0.3 is 4.90 Å². The molecule has 0 unspecified atom stereocenters. The monoisotopic (exact) mass is 334 g/mol. The topological polar surface area (TPSA) is 23.6 Å². The fourth-order valence-electron chi connectivity index (χ4n) is 3.50. The number of piperidine rings is 1. The Balaban J connectivity index is 1.54. The van der Waals surface area contributed by atoms with Gasteiger partial charge in [0.1, 0.15) is 0 Å². The average Bonchev–Trinajstić information content (AvgIpc) is 2.68. The maximum absolute atomic E-state index is 11.7. The first-order valence-electron chi connectivity index (χ1n) is 8.93. The van der Waals surface area contributed by atoms with Crippen LogP contribution in [0.5, 0.6) is 0 Å². The second-order valence-corrected chi connectivity index (χ2v) is 6.73. The number of hydrogen-bond acceptors (Lipinski definition) is 2. The van der Waals surface area contributed by atoms with E-state index in [9.17, 15) is 4.79 Å². The molecule has 0 N–H and O–H groups in total. The maximum Gasteiger partial charge on any atom is 0.250 e. The summed E-state index contributed by atoms with van der Waals surface area (Å²) in [6, 6.07) is 19.1.